The Morgan fingerprint density at radius 2 is 0.938 bits per heavy atom. The van der Waals surface area contributed by atoms with Gasteiger partial charge in [-0.15, -0.1) is 0 Å². The van der Waals surface area contributed by atoms with Crippen molar-refractivity contribution in [1.82, 2.24) is 0 Å². The summed E-state index contributed by atoms with van der Waals surface area (Å²) in [6, 6.07) is 0. The summed E-state index contributed by atoms with van der Waals surface area (Å²) in [6.07, 6.45) is -15.0. The highest BCUT2D eigenvalue weighted by molar-refractivity contribution is 5.80. The van der Waals surface area contributed by atoms with Crippen LogP contribution in [0.4, 0.5) is 39.5 Å². The Morgan fingerprint density at radius 3 is 1.25 bits per heavy atom. The van der Waals surface area contributed by atoms with E-state index in [1.54, 1.807) is 0 Å². The van der Waals surface area contributed by atoms with Crippen LogP contribution in [-0.4, -0.2) is 42.4 Å². The van der Waals surface area contributed by atoms with Crippen LogP contribution >= 0.6 is 0 Å². The van der Waals surface area contributed by atoms with Crippen LogP contribution in [0.3, 0.4) is 0 Å². The monoisotopic (exact) mass is 492 g/mol. The molecule has 0 aliphatic heterocycles. The van der Waals surface area contributed by atoms with Crippen LogP contribution in [0, 0.1) is 5.92 Å². The van der Waals surface area contributed by atoms with Gasteiger partial charge in [-0.1, -0.05) is 52.4 Å². The molecule has 15 heteroatoms. The largest absolute Gasteiger partial charge is 0.491 e. The normalized spacial score (nSPS) is 14.0. The molecule has 0 aromatic carbocycles. The van der Waals surface area contributed by atoms with Gasteiger partial charge < -0.3 is 14.2 Å². The van der Waals surface area contributed by atoms with E-state index in [1.165, 1.54) is 0 Å². The Bertz CT molecular complexity index is 571. The lowest BCUT2D eigenvalue weighted by molar-refractivity contribution is -0.376. The number of carbonyl (C=O) groups excluding carboxylic acids is 3. The lowest BCUT2D eigenvalue weighted by Crippen LogP contribution is -2.54. The molecule has 1 atom stereocenters. The van der Waals surface area contributed by atoms with Crippen molar-refractivity contribution in [2.75, 3.05) is 0 Å². The van der Waals surface area contributed by atoms with Gasteiger partial charge in [0, 0.05) is 0 Å². The molecule has 32 heavy (non-hydrogen) atoms. The number of unbranched alkanes of at least 4 members (excludes halogenated alkanes) is 5. The maximum Gasteiger partial charge on any atom is 0.491 e. The van der Waals surface area contributed by atoms with Gasteiger partial charge in [-0.25, -0.2) is 14.4 Å². The molecular weight excluding hydrogens is 471 g/mol. The van der Waals surface area contributed by atoms with Crippen LogP contribution in [0.2, 0.25) is 0 Å². The van der Waals surface area contributed by atoms with E-state index in [4.69, 9.17) is 0 Å². The average molecular weight is 492 g/mol. The van der Waals surface area contributed by atoms with Crippen LogP contribution < -0.4 is 0 Å². The molecule has 188 valence electrons. The van der Waals surface area contributed by atoms with Crippen LogP contribution in [-0.2, 0) is 28.6 Å². The Labute approximate surface area is 176 Å². The minimum Gasteiger partial charge on any atom is -0.381 e. The highest BCUT2D eigenvalue weighted by Gasteiger charge is 2.60. The first-order valence-electron chi connectivity index (χ1n) is 9.27. The first kappa shape index (κ1) is 29.8. The molecule has 0 rings (SSSR count). The molecule has 0 heterocycles. The van der Waals surface area contributed by atoms with Crippen LogP contribution in [0.25, 0.3) is 0 Å². The predicted molar refractivity (Wildman–Crippen MR) is 86.3 cm³/mol. The SMILES string of the molecule is CCCCCCCCC(C)C(OC(=O)C(F)(F)F)(OC(=O)C(F)(F)F)OC(=O)C(F)(F)F. The number of hydrogen-bond donors (Lipinski definition) is 0. The third-order valence-corrected chi connectivity index (χ3v) is 3.99. The molecule has 1 unspecified atom stereocenters. The number of carbonyl (C=O) groups is 3. The highest BCUT2D eigenvalue weighted by atomic mass is 19.4. The quantitative estimate of drug-likeness (QED) is 0.168. The van der Waals surface area contributed by atoms with Crippen LogP contribution in [0.5, 0.6) is 0 Å². The third kappa shape index (κ3) is 9.94. The minimum absolute atomic E-state index is 0.00331. The molecule has 0 aliphatic rings. The van der Waals surface area contributed by atoms with Crippen molar-refractivity contribution in [2.45, 2.75) is 83.3 Å². The Morgan fingerprint density at radius 1 is 0.625 bits per heavy atom. The molecule has 0 amide bonds. The fraction of sp³-hybridized carbons (Fsp3) is 0.824. The average Bonchev–Trinajstić information content (AvgIpc) is 2.61. The lowest BCUT2D eigenvalue weighted by Gasteiger charge is -2.36. The summed E-state index contributed by atoms with van der Waals surface area (Å²) in [5.74, 6) is -16.3. The van der Waals surface area contributed by atoms with Gasteiger partial charge in [0.15, 0.2) is 0 Å². The molecule has 0 N–H and O–H groups in total. The van der Waals surface area contributed by atoms with Crippen molar-refractivity contribution in [1.29, 1.82) is 0 Å². The maximum absolute atomic E-state index is 12.6. The second-order valence-corrected chi connectivity index (χ2v) is 6.72. The van der Waals surface area contributed by atoms with Gasteiger partial charge >= 0.3 is 42.4 Å². The van der Waals surface area contributed by atoms with Crippen LogP contribution in [0.1, 0.15) is 58.8 Å². The number of hydrogen-bond acceptors (Lipinski definition) is 6. The molecule has 0 spiro atoms. The van der Waals surface area contributed by atoms with Gasteiger partial charge in [0.2, 0.25) is 0 Å². The lowest BCUT2D eigenvalue weighted by atomic mass is 9.99. The second-order valence-electron chi connectivity index (χ2n) is 6.72. The first-order chi connectivity index (χ1) is 14.4. The molecule has 0 aromatic heterocycles. The zero-order valence-corrected chi connectivity index (χ0v) is 16.9. The molecule has 0 bridgehead atoms. The van der Waals surface area contributed by atoms with Crippen molar-refractivity contribution in [2.24, 2.45) is 5.92 Å². The highest BCUT2D eigenvalue weighted by Crippen LogP contribution is 2.37. The van der Waals surface area contributed by atoms with Crippen molar-refractivity contribution in [3.8, 4) is 0 Å². The van der Waals surface area contributed by atoms with E-state index in [2.05, 4.69) is 14.2 Å². The Hall–Kier alpha value is -2.22. The smallest absolute Gasteiger partial charge is 0.381 e. The number of rotatable bonds is 11. The molecule has 0 radical (unpaired) electrons. The summed E-state index contributed by atoms with van der Waals surface area (Å²) in [5.41, 5.74) is 0. The molecular formula is C17H21F9O6. The van der Waals surface area contributed by atoms with E-state index in [-0.39, 0.29) is 6.42 Å². The van der Waals surface area contributed by atoms with Gasteiger partial charge in [-0.3, -0.25) is 0 Å². The standard InChI is InChI=1S/C17H21F9O6/c1-3-4-5-6-7-8-9-10(2)17(30-11(27)14(18,19)20,31-12(28)15(21,22)23)32-13(29)16(24,25)26/h10H,3-9H2,1-2H3. The number of esters is 3. The van der Waals surface area contributed by atoms with E-state index in [1.807, 2.05) is 6.92 Å². The maximum atomic E-state index is 12.6. The fourth-order valence-electron chi connectivity index (χ4n) is 2.33. The molecule has 6 nitrogen and oxygen atoms in total. The Kier molecular flexibility index (Phi) is 10.8. The van der Waals surface area contributed by atoms with Crippen molar-refractivity contribution in [3.05, 3.63) is 0 Å². The van der Waals surface area contributed by atoms with E-state index >= 15 is 0 Å². The zero-order valence-electron chi connectivity index (χ0n) is 16.9. The molecule has 0 fully saturated rings. The van der Waals surface area contributed by atoms with E-state index in [0.29, 0.717) is 19.8 Å². The predicted octanol–water partition coefficient (Wildman–Crippen LogP) is 5.34. The summed E-state index contributed by atoms with van der Waals surface area (Å²) in [5, 5.41) is 0. The number of halogens is 9. The summed E-state index contributed by atoms with van der Waals surface area (Å²) in [6.45, 7) is 2.60. The first-order valence-corrected chi connectivity index (χ1v) is 9.27. The zero-order chi connectivity index (χ0) is 25.4. The van der Waals surface area contributed by atoms with Gasteiger partial charge in [0.25, 0.3) is 0 Å². The topological polar surface area (TPSA) is 78.9 Å². The second kappa shape index (κ2) is 11.6. The summed E-state index contributed by atoms with van der Waals surface area (Å²) in [4.78, 5) is 33.6. The van der Waals surface area contributed by atoms with Gasteiger partial charge in [-0.2, -0.15) is 39.5 Å². The molecule has 0 saturated carbocycles. The van der Waals surface area contributed by atoms with Crippen LogP contribution in [0.15, 0.2) is 0 Å². The third-order valence-electron chi connectivity index (χ3n) is 3.99. The molecule has 0 aliphatic carbocycles. The summed E-state index contributed by atoms with van der Waals surface area (Å²) >= 11 is 0. The summed E-state index contributed by atoms with van der Waals surface area (Å²) < 4.78 is 124. The van der Waals surface area contributed by atoms with Gasteiger partial charge in [0.1, 0.15) is 0 Å². The number of alkyl halides is 9. The van der Waals surface area contributed by atoms with Gasteiger partial charge in [-0.05, 0) is 6.42 Å². The minimum atomic E-state index is -5.93. The van der Waals surface area contributed by atoms with Crippen molar-refractivity contribution in [3.63, 3.8) is 0 Å². The van der Waals surface area contributed by atoms with Gasteiger partial charge in [0.05, 0.1) is 5.92 Å². The number of ether oxygens (including phenoxy) is 3. The fourth-order valence-corrected chi connectivity index (χ4v) is 2.33. The summed E-state index contributed by atoms with van der Waals surface area (Å²) in [7, 11) is 0. The van der Waals surface area contributed by atoms with E-state index in [0.717, 1.165) is 19.3 Å². The van der Waals surface area contributed by atoms with E-state index < -0.39 is 54.7 Å². The molecule has 0 aromatic rings. The van der Waals surface area contributed by atoms with E-state index in [9.17, 15) is 53.9 Å². The molecule has 0 saturated heterocycles. The van der Waals surface area contributed by atoms with Crippen molar-refractivity contribution >= 4 is 17.9 Å². The Balaban J connectivity index is 6.00. The van der Waals surface area contributed by atoms with Crippen molar-refractivity contribution < 1.29 is 68.1 Å².